The Kier molecular flexibility index (Phi) is 4.68. The largest absolute Gasteiger partial charge is 0.378 e. The number of benzene rings is 2. The first-order valence-corrected chi connectivity index (χ1v) is 6.54. The van der Waals surface area contributed by atoms with Crippen molar-refractivity contribution in [2.45, 2.75) is 6.54 Å². The van der Waals surface area contributed by atoms with Crippen LogP contribution in [-0.4, -0.2) is 0 Å². The minimum absolute atomic E-state index is 0.0141. The molecular weight excluding hydrogens is 334 g/mol. The van der Waals surface area contributed by atoms with Gasteiger partial charge in [0.25, 0.3) is 0 Å². The van der Waals surface area contributed by atoms with Crippen LogP contribution in [0.1, 0.15) is 5.56 Å². The summed E-state index contributed by atoms with van der Waals surface area (Å²) < 4.78 is 39.3. The van der Waals surface area contributed by atoms with Gasteiger partial charge in [0.15, 0.2) is 11.6 Å². The maximum absolute atomic E-state index is 13.5. The summed E-state index contributed by atoms with van der Waals surface area (Å²) in [5.74, 6) is -3.33. The van der Waals surface area contributed by atoms with Gasteiger partial charge < -0.3 is 5.32 Å². The molecule has 20 heavy (non-hydrogen) atoms. The summed E-state index contributed by atoms with van der Waals surface area (Å²) in [7, 11) is 0. The third-order valence-corrected chi connectivity index (χ3v) is 3.80. The summed E-state index contributed by atoms with van der Waals surface area (Å²) in [5, 5.41) is 3.43. The van der Waals surface area contributed by atoms with E-state index >= 15 is 0 Å². The first-order valence-electron chi connectivity index (χ1n) is 5.41. The van der Waals surface area contributed by atoms with Crippen molar-refractivity contribution in [1.82, 2.24) is 0 Å². The summed E-state index contributed by atoms with van der Waals surface area (Å²) in [6.07, 6.45) is 0. The predicted molar refractivity (Wildman–Crippen MR) is 75.1 cm³/mol. The van der Waals surface area contributed by atoms with Crippen molar-refractivity contribution in [3.63, 3.8) is 0 Å². The molecule has 0 aromatic heterocycles. The van der Waals surface area contributed by atoms with Gasteiger partial charge in [0.05, 0.1) is 15.7 Å². The highest BCUT2D eigenvalue weighted by Crippen LogP contribution is 2.32. The van der Waals surface area contributed by atoms with Crippen LogP contribution in [0, 0.1) is 17.5 Å². The lowest BCUT2D eigenvalue weighted by Crippen LogP contribution is -2.04. The Morgan fingerprint density at radius 1 is 0.850 bits per heavy atom. The molecule has 7 heteroatoms. The lowest BCUT2D eigenvalue weighted by Gasteiger charge is -2.12. The molecule has 1 nitrogen and oxygen atoms in total. The van der Waals surface area contributed by atoms with E-state index in [4.69, 9.17) is 34.8 Å². The Morgan fingerprint density at radius 2 is 1.45 bits per heavy atom. The van der Waals surface area contributed by atoms with Crippen molar-refractivity contribution in [3.05, 3.63) is 62.3 Å². The van der Waals surface area contributed by atoms with Gasteiger partial charge in [0.1, 0.15) is 5.82 Å². The van der Waals surface area contributed by atoms with Crippen LogP contribution in [0.2, 0.25) is 15.1 Å². The summed E-state index contributed by atoms with van der Waals surface area (Å²) >= 11 is 17.8. The molecule has 0 amide bonds. The van der Waals surface area contributed by atoms with Gasteiger partial charge in [-0.2, -0.15) is 0 Å². The van der Waals surface area contributed by atoms with E-state index in [0.29, 0.717) is 21.7 Å². The minimum atomic E-state index is -1.26. The van der Waals surface area contributed by atoms with E-state index in [1.165, 1.54) is 12.1 Å². The smallest absolute Gasteiger partial charge is 0.161 e. The number of halogens is 6. The zero-order valence-corrected chi connectivity index (χ0v) is 12.1. The molecule has 0 aliphatic carbocycles. The van der Waals surface area contributed by atoms with E-state index in [9.17, 15) is 13.2 Å². The molecule has 0 radical (unpaired) electrons. The van der Waals surface area contributed by atoms with Crippen LogP contribution in [0.25, 0.3) is 0 Å². The third kappa shape index (κ3) is 3.14. The first-order chi connectivity index (χ1) is 9.40. The van der Waals surface area contributed by atoms with Crippen LogP contribution in [-0.2, 0) is 6.54 Å². The topological polar surface area (TPSA) is 12.0 Å². The lowest BCUT2D eigenvalue weighted by atomic mass is 10.2. The fraction of sp³-hybridized carbons (Fsp3) is 0.0769. The molecule has 0 spiro atoms. The van der Waals surface area contributed by atoms with Crippen molar-refractivity contribution in [2.75, 3.05) is 5.32 Å². The van der Waals surface area contributed by atoms with Gasteiger partial charge in [-0.25, -0.2) is 13.2 Å². The molecule has 0 unspecified atom stereocenters. The number of hydrogen-bond acceptors (Lipinski definition) is 1. The number of nitrogens with one attached hydrogen (secondary N) is 1. The second kappa shape index (κ2) is 6.12. The maximum Gasteiger partial charge on any atom is 0.161 e. The molecule has 0 heterocycles. The van der Waals surface area contributed by atoms with E-state index < -0.39 is 17.5 Å². The molecule has 2 aromatic carbocycles. The van der Waals surface area contributed by atoms with Gasteiger partial charge in [0, 0.05) is 29.3 Å². The molecule has 0 saturated carbocycles. The molecule has 2 aromatic rings. The van der Waals surface area contributed by atoms with Gasteiger partial charge in [-0.1, -0.05) is 34.8 Å². The first kappa shape index (κ1) is 15.3. The van der Waals surface area contributed by atoms with E-state index in [0.717, 1.165) is 6.07 Å². The van der Waals surface area contributed by atoms with E-state index in [2.05, 4.69) is 5.32 Å². The Balaban J connectivity index is 2.26. The predicted octanol–water partition coefficient (Wildman–Crippen LogP) is 5.68. The van der Waals surface area contributed by atoms with Crippen LogP contribution in [0.4, 0.5) is 18.9 Å². The van der Waals surface area contributed by atoms with Crippen LogP contribution < -0.4 is 5.32 Å². The number of rotatable bonds is 3. The maximum atomic E-state index is 13.5. The Bertz CT molecular complexity index is 662. The van der Waals surface area contributed by atoms with Crippen molar-refractivity contribution in [3.8, 4) is 0 Å². The van der Waals surface area contributed by atoms with E-state index in [1.54, 1.807) is 0 Å². The Morgan fingerprint density at radius 3 is 2.15 bits per heavy atom. The van der Waals surface area contributed by atoms with Crippen molar-refractivity contribution in [1.29, 1.82) is 0 Å². The Labute approximate surface area is 128 Å². The highest BCUT2D eigenvalue weighted by atomic mass is 35.5. The Hall–Kier alpha value is -1.10. The monoisotopic (exact) mass is 339 g/mol. The van der Waals surface area contributed by atoms with E-state index in [1.807, 2.05) is 0 Å². The summed E-state index contributed by atoms with van der Waals surface area (Å²) in [4.78, 5) is 0. The average molecular weight is 341 g/mol. The van der Waals surface area contributed by atoms with Crippen LogP contribution in [0.15, 0.2) is 24.3 Å². The normalized spacial score (nSPS) is 10.7. The second-order valence-electron chi connectivity index (χ2n) is 3.92. The standard InChI is InChI=1S/C13H7Cl3F3N/c14-7-1-2-8(15)13(16)6(7)5-20-12-4-10(18)9(17)3-11(12)19/h1-4,20H,5H2. The van der Waals surface area contributed by atoms with Gasteiger partial charge in [-0.15, -0.1) is 0 Å². The molecule has 0 atom stereocenters. The lowest BCUT2D eigenvalue weighted by molar-refractivity contribution is 0.496. The number of anilines is 1. The summed E-state index contributed by atoms with van der Waals surface area (Å²) in [5.41, 5.74) is 0.237. The second-order valence-corrected chi connectivity index (χ2v) is 5.11. The zero-order valence-electron chi connectivity index (χ0n) is 9.78. The van der Waals surface area contributed by atoms with Crippen molar-refractivity contribution < 1.29 is 13.2 Å². The molecule has 106 valence electrons. The quantitative estimate of drug-likeness (QED) is 0.709. The van der Waals surface area contributed by atoms with Crippen molar-refractivity contribution in [2.24, 2.45) is 0 Å². The molecular formula is C13H7Cl3F3N. The van der Waals surface area contributed by atoms with Gasteiger partial charge in [-0.05, 0) is 12.1 Å². The SMILES string of the molecule is Fc1cc(F)c(NCc2c(Cl)ccc(Cl)c2Cl)cc1F. The average Bonchev–Trinajstić information content (AvgIpc) is 2.40. The molecule has 0 fully saturated rings. The molecule has 0 bridgehead atoms. The highest BCUT2D eigenvalue weighted by molar-refractivity contribution is 6.44. The molecule has 1 N–H and O–H groups in total. The van der Waals surface area contributed by atoms with Gasteiger partial charge in [0.2, 0.25) is 0 Å². The van der Waals surface area contributed by atoms with Crippen LogP contribution >= 0.6 is 34.8 Å². The highest BCUT2D eigenvalue weighted by Gasteiger charge is 2.13. The summed E-state index contributed by atoms with van der Waals surface area (Å²) in [6.45, 7) is 0.0141. The fourth-order valence-electron chi connectivity index (χ4n) is 1.57. The van der Waals surface area contributed by atoms with Crippen molar-refractivity contribution >= 4 is 40.5 Å². The molecule has 0 saturated heterocycles. The molecule has 0 aliphatic rings. The van der Waals surface area contributed by atoms with Gasteiger partial charge >= 0.3 is 0 Å². The number of hydrogen-bond donors (Lipinski definition) is 1. The molecule has 0 aliphatic heterocycles. The minimum Gasteiger partial charge on any atom is -0.378 e. The van der Waals surface area contributed by atoms with Crippen LogP contribution in [0.5, 0.6) is 0 Å². The fourth-order valence-corrected chi connectivity index (χ4v) is 2.25. The summed E-state index contributed by atoms with van der Waals surface area (Å²) in [6, 6.07) is 4.23. The van der Waals surface area contributed by atoms with Crippen LogP contribution in [0.3, 0.4) is 0 Å². The zero-order chi connectivity index (χ0) is 14.9. The third-order valence-electron chi connectivity index (χ3n) is 2.60. The van der Waals surface area contributed by atoms with E-state index in [-0.39, 0.29) is 17.3 Å². The molecule has 2 rings (SSSR count). The van der Waals surface area contributed by atoms with Gasteiger partial charge in [-0.3, -0.25) is 0 Å².